The Kier molecular flexibility index (Phi) is 7.02. The first-order valence-electron chi connectivity index (χ1n) is 15.9. The fourth-order valence-corrected chi connectivity index (χ4v) is 7.89. The van der Waals surface area contributed by atoms with Gasteiger partial charge in [-0.2, -0.15) is 13.2 Å². The number of anilines is 2. The number of rotatable bonds is 8. The second kappa shape index (κ2) is 10.6. The van der Waals surface area contributed by atoms with Crippen LogP contribution in [0.5, 0.6) is 0 Å². The normalized spacial score (nSPS) is 24.7. The van der Waals surface area contributed by atoms with Crippen LogP contribution >= 0.6 is 0 Å². The molecule has 0 saturated heterocycles. The van der Waals surface area contributed by atoms with E-state index in [9.17, 15) is 18.0 Å². The van der Waals surface area contributed by atoms with Crippen molar-refractivity contribution in [2.45, 2.75) is 108 Å². The maximum Gasteiger partial charge on any atom is 0.416 e. The van der Waals surface area contributed by atoms with Gasteiger partial charge in [-0.1, -0.05) is 19.8 Å². The van der Waals surface area contributed by atoms with Gasteiger partial charge in [0.2, 0.25) is 0 Å². The van der Waals surface area contributed by atoms with E-state index >= 15 is 0 Å². The number of hydrogen-bond donors (Lipinski definition) is 2. The van der Waals surface area contributed by atoms with Crippen LogP contribution in [0.1, 0.15) is 110 Å². The maximum absolute atomic E-state index is 14.4. The van der Waals surface area contributed by atoms with Gasteiger partial charge in [0.15, 0.2) is 0 Å². The molecule has 1 aliphatic heterocycles. The first kappa shape index (κ1) is 29.3. The Morgan fingerprint density at radius 3 is 2.43 bits per heavy atom. The van der Waals surface area contributed by atoms with Crippen molar-refractivity contribution in [3.63, 3.8) is 0 Å². The highest BCUT2D eigenvalue weighted by molar-refractivity contribution is 6.10. The highest BCUT2D eigenvalue weighted by atomic mass is 19.4. The van der Waals surface area contributed by atoms with Crippen molar-refractivity contribution in [1.82, 2.24) is 25.1 Å². The molecule has 0 bridgehead atoms. The minimum atomic E-state index is -4.58. The van der Waals surface area contributed by atoms with Gasteiger partial charge >= 0.3 is 6.18 Å². The second-order valence-electron chi connectivity index (χ2n) is 13.9. The Hall–Kier alpha value is -3.47. The van der Waals surface area contributed by atoms with E-state index in [0.29, 0.717) is 23.1 Å². The van der Waals surface area contributed by atoms with E-state index in [2.05, 4.69) is 34.7 Å². The zero-order valence-corrected chi connectivity index (χ0v) is 25.6. The number of nitrogens with one attached hydrogen (secondary N) is 2. The number of carbonyl (C=O) groups excluding carboxylic acids is 1. The summed E-state index contributed by atoms with van der Waals surface area (Å²) in [6.07, 6.45) is 6.25. The lowest BCUT2D eigenvalue weighted by molar-refractivity contribution is -0.138. The van der Waals surface area contributed by atoms with Crippen molar-refractivity contribution in [1.29, 1.82) is 0 Å². The third kappa shape index (κ3) is 5.06. The van der Waals surface area contributed by atoms with Crippen LogP contribution in [-0.4, -0.2) is 37.2 Å². The van der Waals surface area contributed by atoms with Crippen molar-refractivity contribution < 1.29 is 18.0 Å². The standard InChI is InChI=1S/C33H40F3N7O/c1-20-15-32(16-20,30-41-38-19-42(30)3)22-13-27(39-23-7-4-5-8-23)40-28(14-22)43-18-25-24(29(43)44)11-21(12-26(25)33(34,35)36)17-37-31(2)9-6-10-31/h11-14,19-20,23,37H,4-10,15-18H2,1-3H3,(H,39,40)/t20-,32-. The number of halogens is 3. The zero-order valence-electron chi connectivity index (χ0n) is 25.6. The summed E-state index contributed by atoms with van der Waals surface area (Å²) >= 11 is 0. The van der Waals surface area contributed by atoms with Crippen LogP contribution in [0, 0.1) is 5.92 Å². The third-order valence-electron chi connectivity index (χ3n) is 10.5. The fraction of sp³-hybridized carbons (Fsp3) is 0.576. The van der Waals surface area contributed by atoms with Crippen LogP contribution in [0.4, 0.5) is 24.8 Å². The molecule has 1 aromatic carbocycles. The molecule has 0 atom stereocenters. The predicted octanol–water partition coefficient (Wildman–Crippen LogP) is 6.49. The number of fused-ring (bicyclic) bond motifs is 1. The van der Waals surface area contributed by atoms with Crippen LogP contribution < -0.4 is 15.5 Å². The lowest BCUT2D eigenvalue weighted by Gasteiger charge is -2.46. The molecule has 0 radical (unpaired) electrons. The van der Waals surface area contributed by atoms with E-state index in [1.165, 1.54) is 11.0 Å². The van der Waals surface area contributed by atoms with Crippen LogP contribution in [0.3, 0.4) is 0 Å². The van der Waals surface area contributed by atoms with Gasteiger partial charge in [0, 0.05) is 30.7 Å². The summed E-state index contributed by atoms with van der Waals surface area (Å²) in [5, 5.41) is 15.6. The number of aryl methyl sites for hydroxylation is 1. The van der Waals surface area contributed by atoms with Gasteiger partial charge in [-0.15, -0.1) is 10.2 Å². The molecule has 11 heteroatoms. The summed E-state index contributed by atoms with van der Waals surface area (Å²) < 4.78 is 45.2. The molecule has 2 N–H and O–H groups in total. The molecule has 3 fully saturated rings. The van der Waals surface area contributed by atoms with Crippen LogP contribution in [0.15, 0.2) is 30.6 Å². The van der Waals surface area contributed by atoms with Crippen molar-refractivity contribution in [3.8, 4) is 0 Å². The quantitative estimate of drug-likeness (QED) is 0.304. The number of alkyl halides is 3. The summed E-state index contributed by atoms with van der Waals surface area (Å²) in [4.78, 5) is 20.3. The molecule has 44 heavy (non-hydrogen) atoms. The Bertz CT molecular complexity index is 1580. The summed E-state index contributed by atoms with van der Waals surface area (Å²) in [5.74, 6) is 1.86. The van der Waals surface area contributed by atoms with Gasteiger partial charge in [-0.25, -0.2) is 4.98 Å². The molecule has 7 rings (SSSR count). The Morgan fingerprint density at radius 2 is 1.82 bits per heavy atom. The van der Waals surface area contributed by atoms with Crippen LogP contribution in [-0.2, 0) is 31.7 Å². The summed E-state index contributed by atoms with van der Waals surface area (Å²) in [5.41, 5.74) is 0.304. The molecule has 0 spiro atoms. The number of benzene rings is 1. The molecule has 2 aromatic heterocycles. The molecule has 3 heterocycles. The highest BCUT2D eigenvalue weighted by Gasteiger charge is 2.49. The molecule has 8 nitrogen and oxygen atoms in total. The summed E-state index contributed by atoms with van der Waals surface area (Å²) in [7, 11) is 1.93. The van der Waals surface area contributed by atoms with Crippen molar-refractivity contribution in [2.24, 2.45) is 13.0 Å². The molecule has 3 aromatic rings. The molecular formula is C33H40F3N7O. The number of nitrogens with zero attached hydrogens (tertiary/aromatic N) is 5. The molecular weight excluding hydrogens is 567 g/mol. The number of hydrogen-bond acceptors (Lipinski definition) is 6. The van der Waals surface area contributed by atoms with Gasteiger partial charge in [-0.05, 0) is 98.7 Å². The monoisotopic (exact) mass is 607 g/mol. The maximum atomic E-state index is 14.4. The smallest absolute Gasteiger partial charge is 0.367 e. The average Bonchev–Trinajstić information content (AvgIpc) is 3.69. The molecule has 0 unspecified atom stereocenters. The SMILES string of the molecule is Cn1cnnc1[C@]1(c2cc(NC3CCCC3)nc(N3Cc4c(cc(CNC5(C)CCC5)cc4C(F)(F)F)C3=O)c2)C[C@@H](C)C1. The van der Waals surface area contributed by atoms with E-state index in [-0.39, 0.29) is 35.8 Å². The molecule has 3 saturated carbocycles. The van der Waals surface area contributed by atoms with E-state index in [1.807, 2.05) is 23.7 Å². The lowest BCUT2D eigenvalue weighted by atomic mass is 9.58. The van der Waals surface area contributed by atoms with E-state index in [0.717, 1.165) is 69.2 Å². The topological polar surface area (TPSA) is 88.0 Å². The minimum absolute atomic E-state index is 0.0129. The first-order valence-corrected chi connectivity index (χ1v) is 15.9. The third-order valence-corrected chi connectivity index (χ3v) is 10.5. The Morgan fingerprint density at radius 1 is 1.07 bits per heavy atom. The molecule has 234 valence electrons. The summed E-state index contributed by atoms with van der Waals surface area (Å²) in [6, 6.07) is 7.05. The van der Waals surface area contributed by atoms with E-state index in [1.54, 1.807) is 12.4 Å². The molecule has 3 aliphatic carbocycles. The fourth-order valence-electron chi connectivity index (χ4n) is 7.89. The van der Waals surface area contributed by atoms with Gasteiger partial charge in [0.05, 0.1) is 17.5 Å². The van der Waals surface area contributed by atoms with Gasteiger partial charge in [0.1, 0.15) is 23.8 Å². The molecule has 4 aliphatic rings. The lowest BCUT2D eigenvalue weighted by Crippen LogP contribution is -2.47. The largest absolute Gasteiger partial charge is 0.416 e. The number of amides is 1. The van der Waals surface area contributed by atoms with Crippen molar-refractivity contribution >= 4 is 17.5 Å². The average molecular weight is 608 g/mol. The van der Waals surface area contributed by atoms with Crippen molar-refractivity contribution in [3.05, 3.63) is 64.2 Å². The Labute approximate surface area is 255 Å². The highest BCUT2D eigenvalue weighted by Crippen LogP contribution is 2.52. The number of pyridine rings is 1. The number of carbonyl (C=O) groups is 1. The van der Waals surface area contributed by atoms with Crippen LogP contribution in [0.2, 0.25) is 0 Å². The zero-order chi connectivity index (χ0) is 30.9. The van der Waals surface area contributed by atoms with Gasteiger partial charge < -0.3 is 15.2 Å². The van der Waals surface area contributed by atoms with Gasteiger partial charge in [-0.3, -0.25) is 9.69 Å². The van der Waals surface area contributed by atoms with Gasteiger partial charge in [0.25, 0.3) is 5.91 Å². The first-order chi connectivity index (χ1) is 20.9. The molecule has 1 amide bonds. The van der Waals surface area contributed by atoms with E-state index in [4.69, 9.17) is 4.98 Å². The second-order valence-corrected chi connectivity index (χ2v) is 13.9. The van der Waals surface area contributed by atoms with Crippen LogP contribution in [0.25, 0.3) is 0 Å². The number of aromatic nitrogens is 4. The summed E-state index contributed by atoms with van der Waals surface area (Å²) in [6.45, 7) is 4.39. The predicted molar refractivity (Wildman–Crippen MR) is 161 cm³/mol. The van der Waals surface area contributed by atoms with Crippen molar-refractivity contribution in [2.75, 3.05) is 10.2 Å². The minimum Gasteiger partial charge on any atom is -0.367 e. The Balaban J connectivity index is 1.28. The van der Waals surface area contributed by atoms with E-state index < -0.39 is 23.1 Å².